The molecule has 2 unspecified atom stereocenters. The Morgan fingerprint density at radius 1 is 1.19 bits per heavy atom. The fourth-order valence-electron chi connectivity index (χ4n) is 2.76. The summed E-state index contributed by atoms with van der Waals surface area (Å²) in [6.07, 6.45) is 8.04. The molecule has 1 N–H and O–H groups in total. The highest BCUT2D eigenvalue weighted by molar-refractivity contribution is 4.84. The second-order valence-corrected chi connectivity index (χ2v) is 4.96. The molecule has 0 amide bonds. The molecule has 2 heteroatoms. The molecule has 0 bridgehead atoms. The Morgan fingerprint density at radius 3 is 2.44 bits per heavy atom. The van der Waals surface area contributed by atoms with E-state index in [1.165, 1.54) is 38.5 Å². The predicted octanol–water partition coefficient (Wildman–Crippen LogP) is 3.36. The number of rotatable bonds is 7. The van der Waals surface area contributed by atoms with Gasteiger partial charge >= 0.3 is 0 Å². The van der Waals surface area contributed by atoms with Gasteiger partial charge in [-0.25, -0.2) is 0 Å². The lowest BCUT2D eigenvalue weighted by molar-refractivity contribution is -0.0220. The minimum atomic E-state index is 0.463. The first-order valence-corrected chi connectivity index (χ1v) is 7.18. The lowest BCUT2D eigenvalue weighted by Crippen LogP contribution is -2.47. The van der Waals surface area contributed by atoms with Gasteiger partial charge in [-0.1, -0.05) is 33.6 Å². The van der Waals surface area contributed by atoms with Gasteiger partial charge < -0.3 is 10.1 Å². The molecule has 0 radical (unpaired) electrons. The van der Waals surface area contributed by atoms with Crippen molar-refractivity contribution < 1.29 is 4.74 Å². The zero-order chi connectivity index (χ0) is 11.8. The number of hydrogen-bond donors (Lipinski definition) is 1. The van der Waals surface area contributed by atoms with E-state index in [2.05, 4.69) is 26.1 Å². The molecule has 16 heavy (non-hydrogen) atoms. The molecule has 1 aliphatic rings. The summed E-state index contributed by atoms with van der Waals surface area (Å²) in [6.45, 7) is 8.93. The molecule has 1 rings (SSSR count). The first-order chi connectivity index (χ1) is 7.83. The molecule has 0 saturated carbocycles. The smallest absolute Gasteiger partial charge is 0.0730 e. The highest BCUT2D eigenvalue weighted by Crippen LogP contribution is 2.24. The zero-order valence-corrected chi connectivity index (χ0v) is 11.3. The van der Waals surface area contributed by atoms with Gasteiger partial charge in [0.1, 0.15) is 0 Å². The summed E-state index contributed by atoms with van der Waals surface area (Å²) in [5.74, 6) is 0.773. The molecule has 0 spiro atoms. The van der Waals surface area contributed by atoms with Gasteiger partial charge in [-0.3, -0.25) is 0 Å². The van der Waals surface area contributed by atoms with E-state index in [1.54, 1.807) is 0 Å². The van der Waals surface area contributed by atoms with Crippen molar-refractivity contribution in [2.75, 3.05) is 13.2 Å². The molecular formula is C14H29NO. The fraction of sp³-hybridized carbons (Fsp3) is 1.00. The fourth-order valence-corrected chi connectivity index (χ4v) is 2.76. The normalized spacial score (nSPS) is 23.6. The third-order valence-electron chi connectivity index (χ3n) is 3.80. The minimum Gasteiger partial charge on any atom is -0.377 e. The van der Waals surface area contributed by atoms with Crippen LogP contribution < -0.4 is 5.32 Å². The van der Waals surface area contributed by atoms with E-state index in [0.29, 0.717) is 12.1 Å². The van der Waals surface area contributed by atoms with Crippen LogP contribution in [0.25, 0.3) is 0 Å². The quantitative estimate of drug-likeness (QED) is 0.720. The van der Waals surface area contributed by atoms with E-state index in [-0.39, 0.29) is 0 Å². The van der Waals surface area contributed by atoms with Crippen LogP contribution in [0, 0.1) is 5.92 Å². The first kappa shape index (κ1) is 14.0. The van der Waals surface area contributed by atoms with Crippen LogP contribution in [0.5, 0.6) is 0 Å². The molecule has 2 nitrogen and oxygen atoms in total. The minimum absolute atomic E-state index is 0.463. The molecule has 0 aromatic carbocycles. The molecule has 96 valence electrons. The number of hydrogen-bond acceptors (Lipinski definition) is 2. The van der Waals surface area contributed by atoms with Gasteiger partial charge in [0.05, 0.1) is 6.10 Å². The lowest BCUT2D eigenvalue weighted by atomic mass is 9.87. The van der Waals surface area contributed by atoms with Crippen LogP contribution in [-0.2, 0) is 4.74 Å². The maximum atomic E-state index is 5.96. The van der Waals surface area contributed by atoms with Crippen LogP contribution in [0.2, 0.25) is 0 Å². The Morgan fingerprint density at radius 2 is 1.94 bits per heavy atom. The first-order valence-electron chi connectivity index (χ1n) is 7.18. The Balaban J connectivity index is 2.52. The second-order valence-electron chi connectivity index (χ2n) is 4.96. The van der Waals surface area contributed by atoms with Crippen molar-refractivity contribution in [3.05, 3.63) is 0 Å². The third-order valence-corrected chi connectivity index (χ3v) is 3.80. The van der Waals surface area contributed by atoms with Crippen molar-refractivity contribution >= 4 is 0 Å². The van der Waals surface area contributed by atoms with Gasteiger partial charge in [-0.05, 0) is 38.1 Å². The van der Waals surface area contributed by atoms with E-state index in [9.17, 15) is 0 Å². The van der Waals surface area contributed by atoms with Crippen LogP contribution in [-0.4, -0.2) is 25.3 Å². The van der Waals surface area contributed by atoms with Crippen LogP contribution in [0.15, 0.2) is 0 Å². The molecule has 1 saturated heterocycles. The Kier molecular flexibility index (Phi) is 7.06. The standard InChI is InChI=1S/C14H29NO/c1-4-10-15-14(12(5-2)6-3)13-9-7-8-11-16-13/h12-15H,4-11H2,1-3H3. The van der Waals surface area contributed by atoms with E-state index in [1.807, 2.05) is 0 Å². The van der Waals surface area contributed by atoms with Gasteiger partial charge in [0.2, 0.25) is 0 Å². The third kappa shape index (κ3) is 4.06. The van der Waals surface area contributed by atoms with E-state index < -0.39 is 0 Å². The lowest BCUT2D eigenvalue weighted by Gasteiger charge is -2.36. The number of nitrogens with one attached hydrogen (secondary N) is 1. The SMILES string of the molecule is CCCNC(C(CC)CC)C1CCCCO1. The second kappa shape index (κ2) is 8.08. The van der Waals surface area contributed by atoms with Crippen molar-refractivity contribution in [2.24, 2.45) is 5.92 Å². The average molecular weight is 227 g/mol. The molecule has 0 aromatic heterocycles. The van der Waals surface area contributed by atoms with Gasteiger partial charge in [0.15, 0.2) is 0 Å². The summed E-state index contributed by atoms with van der Waals surface area (Å²) in [5.41, 5.74) is 0. The van der Waals surface area contributed by atoms with Crippen molar-refractivity contribution in [1.29, 1.82) is 0 Å². The molecule has 1 fully saturated rings. The van der Waals surface area contributed by atoms with Crippen molar-refractivity contribution in [2.45, 2.75) is 71.4 Å². The monoisotopic (exact) mass is 227 g/mol. The highest BCUT2D eigenvalue weighted by Gasteiger charge is 2.28. The van der Waals surface area contributed by atoms with Crippen LogP contribution in [0.4, 0.5) is 0 Å². The summed E-state index contributed by atoms with van der Waals surface area (Å²) in [7, 11) is 0. The molecular weight excluding hydrogens is 198 g/mol. The van der Waals surface area contributed by atoms with Crippen molar-refractivity contribution in [3.63, 3.8) is 0 Å². The molecule has 1 heterocycles. The summed E-state index contributed by atoms with van der Waals surface area (Å²) in [4.78, 5) is 0. The predicted molar refractivity (Wildman–Crippen MR) is 69.7 cm³/mol. The van der Waals surface area contributed by atoms with Crippen LogP contribution in [0.1, 0.15) is 59.3 Å². The maximum Gasteiger partial charge on any atom is 0.0730 e. The highest BCUT2D eigenvalue weighted by atomic mass is 16.5. The van der Waals surface area contributed by atoms with E-state index in [4.69, 9.17) is 4.74 Å². The summed E-state index contributed by atoms with van der Waals surface area (Å²) >= 11 is 0. The van der Waals surface area contributed by atoms with Crippen LogP contribution >= 0.6 is 0 Å². The molecule has 0 aromatic rings. The van der Waals surface area contributed by atoms with E-state index in [0.717, 1.165) is 19.1 Å². The number of ether oxygens (including phenoxy) is 1. The van der Waals surface area contributed by atoms with Gasteiger partial charge in [0.25, 0.3) is 0 Å². The molecule has 0 aliphatic carbocycles. The average Bonchev–Trinajstić information content (AvgIpc) is 2.35. The van der Waals surface area contributed by atoms with Crippen molar-refractivity contribution in [1.82, 2.24) is 5.32 Å². The molecule has 1 aliphatic heterocycles. The van der Waals surface area contributed by atoms with Crippen LogP contribution in [0.3, 0.4) is 0 Å². The summed E-state index contributed by atoms with van der Waals surface area (Å²) < 4.78 is 5.96. The summed E-state index contributed by atoms with van der Waals surface area (Å²) in [6, 6.07) is 0.579. The summed E-state index contributed by atoms with van der Waals surface area (Å²) in [5, 5.41) is 3.72. The van der Waals surface area contributed by atoms with Crippen molar-refractivity contribution in [3.8, 4) is 0 Å². The van der Waals surface area contributed by atoms with Gasteiger partial charge in [-0.15, -0.1) is 0 Å². The van der Waals surface area contributed by atoms with Gasteiger partial charge in [-0.2, -0.15) is 0 Å². The Labute approximate surface area is 101 Å². The Bertz CT molecular complexity index is 162. The maximum absolute atomic E-state index is 5.96. The largest absolute Gasteiger partial charge is 0.377 e. The van der Waals surface area contributed by atoms with Gasteiger partial charge in [0, 0.05) is 12.6 Å². The zero-order valence-electron chi connectivity index (χ0n) is 11.3. The molecule has 2 atom stereocenters. The Hall–Kier alpha value is -0.0800. The van der Waals surface area contributed by atoms with E-state index >= 15 is 0 Å². The topological polar surface area (TPSA) is 21.3 Å².